The number of carbonyl (C=O) groups excluding carboxylic acids is 1. The van der Waals surface area contributed by atoms with Gasteiger partial charge in [-0.25, -0.2) is 0 Å². The molecule has 2 atom stereocenters. The molecule has 2 unspecified atom stereocenters. The quantitative estimate of drug-likeness (QED) is 0.684. The Balaban J connectivity index is 2.42. The molecule has 0 saturated carbocycles. The van der Waals surface area contributed by atoms with Gasteiger partial charge in [0.15, 0.2) is 0 Å². The van der Waals surface area contributed by atoms with Gasteiger partial charge in [-0.05, 0) is 25.3 Å². The minimum atomic E-state index is -0.765. The van der Waals surface area contributed by atoms with Gasteiger partial charge < -0.3 is 10.6 Å². The summed E-state index contributed by atoms with van der Waals surface area (Å²) in [6.45, 7) is 6.54. The van der Waals surface area contributed by atoms with Gasteiger partial charge in [-0.1, -0.05) is 13.8 Å². The predicted octanol–water partition coefficient (Wildman–Crippen LogP) is 0.507. The third-order valence-corrected chi connectivity index (χ3v) is 4.50. The molecule has 1 heterocycles. The third kappa shape index (κ3) is 3.78. The standard InChI is InChI=1S/C12H24N2O2S/c1-10(2)12(5-7-13-9-12)11(15)14-6-4-8-17(3)16/h10,13H,4-9H2,1-3H3,(H,14,15). The largest absolute Gasteiger partial charge is 0.356 e. The first-order chi connectivity index (χ1) is 7.99. The summed E-state index contributed by atoms with van der Waals surface area (Å²) in [4.78, 5) is 12.2. The van der Waals surface area contributed by atoms with Gasteiger partial charge in [-0.2, -0.15) is 0 Å². The lowest BCUT2D eigenvalue weighted by Gasteiger charge is -2.31. The van der Waals surface area contributed by atoms with Crippen LogP contribution >= 0.6 is 0 Å². The third-order valence-electron chi connectivity index (χ3n) is 3.64. The topological polar surface area (TPSA) is 58.2 Å². The first-order valence-electron chi connectivity index (χ1n) is 6.28. The number of hydrogen-bond acceptors (Lipinski definition) is 3. The monoisotopic (exact) mass is 260 g/mol. The van der Waals surface area contributed by atoms with E-state index in [1.54, 1.807) is 6.26 Å². The number of nitrogens with one attached hydrogen (secondary N) is 2. The highest BCUT2D eigenvalue weighted by atomic mass is 32.2. The minimum Gasteiger partial charge on any atom is -0.356 e. The smallest absolute Gasteiger partial charge is 0.227 e. The molecule has 1 aliphatic heterocycles. The van der Waals surface area contributed by atoms with E-state index in [0.717, 1.165) is 25.9 Å². The van der Waals surface area contributed by atoms with Crippen LogP contribution in [0.3, 0.4) is 0 Å². The molecule has 0 radical (unpaired) electrons. The van der Waals surface area contributed by atoms with Crippen LogP contribution in [0.5, 0.6) is 0 Å². The molecule has 1 aliphatic rings. The Labute approximate surface area is 106 Å². The normalized spacial score (nSPS) is 26.1. The number of amides is 1. The predicted molar refractivity (Wildman–Crippen MR) is 71.3 cm³/mol. The summed E-state index contributed by atoms with van der Waals surface area (Å²) in [6.07, 6.45) is 3.39. The molecule has 1 fully saturated rings. The second-order valence-corrected chi connectivity index (χ2v) is 6.68. The molecule has 0 bridgehead atoms. The first kappa shape index (κ1) is 14.6. The highest BCUT2D eigenvalue weighted by molar-refractivity contribution is 7.84. The molecular formula is C12H24N2O2S. The van der Waals surface area contributed by atoms with Crippen LogP contribution in [0, 0.1) is 11.3 Å². The van der Waals surface area contributed by atoms with E-state index in [4.69, 9.17) is 0 Å². The van der Waals surface area contributed by atoms with Gasteiger partial charge in [-0.3, -0.25) is 9.00 Å². The van der Waals surface area contributed by atoms with Crippen molar-refractivity contribution in [3.8, 4) is 0 Å². The average Bonchev–Trinajstić information content (AvgIpc) is 2.74. The van der Waals surface area contributed by atoms with Gasteiger partial charge in [0.2, 0.25) is 5.91 Å². The fraction of sp³-hybridized carbons (Fsp3) is 0.917. The summed E-state index contributed by atoms with van der Waals surface area (Å²) in [6, 6.07) is 0. The van der Waals surface area contributed by atoms with E-state index >= 15 is 0 Å². The van der Waals surface area contributed by atoms with E-state index in [0.29, 0.717) is 18.2 Å². The van der Waals surface area contributed by atoms with Crippen molar-refractivity contribution in [3.05, 3.63) is 0 Å². The molecule has 0 aromatic carbocycles. The molecule has 1 saturated heterocycles. The maximum atomic E-state index is 12.2. The highest BCUT2D eigenvalue weighted by Gasteiger charge is 2.43. The summed E-state index contributed by atoms with van der Waals surface area (Å²) in [5, 5.41) is 6.26. The van der Waals surface area contributed by atoms with Gasteiger partial charge >= 0.3 is 0 Å². The number of carbonyl (C=O) groups is 1. The van der Waals surface area contributed by atoms with Crippen molar-refractivity contribution in [1.82, 2.24) is 10.6 Å². The lowest BCUT2D eigenvalue weighted by Crippen LogP contribution is -2.46. The second kappa shape index (κ2) is 6.50. The number of hydrogen-bond donors (Lipinski definition) is 2. The van der Waals surface area contributed by atoms with Crippen molar-refractivity contribution >= 4 is 16.7 Å². The van der Waals surface area contributed by atoms with E-state index in [1.165, 1.54) is 0 Å². The molecule has 0 spiro atoms. The average molecular weight is 260 g/mol. The Morgan fingerprint density at radius 1 is 1.53 bits per heavy atom. The lowest BCUT2D eigenvalue weighted by atomic mass is 9.75. The molecule has 0 aromatic rings. The van der Waals surface area contributed by atoms with Gasteiger partial charge in [0, 0.05) is 35.9 Å². The Hall–Kier alpha value is -0.420. The lowest BCUT2D eigenvalue weighted by molar-refractivity contribution is -0.132. The molecule has 1 amide bonds. The summed E-state index contributed by atoms with van der Waals surface area (Å²) in [5.74, 6) is 1.16. The van der Waals surface area contributed by atoms with Crippen LogP contribution in [-0.2, 0) is 15.6 Å². The van der Waals surface area contributed by atoms with Crippen molar-refractivity contribution in [1.29, 1.82) is 0 Å². The summed E-state index contributed by atoms with van der Waals surface area (Å²) >= 11 is 0. The fourth-order valence-electron chi connectivity index (χ4n) is 2.31. The minimum absolute atomic E-state index is 0.152. The first-order valence-corrected chi connectivity index (χ1v) is 8.01. The Kier molecular flexibility index (Phi) is 5.59. The number of rotatable bonds is 6. The van der Waals surface area contributed by atoms with Crippen LogP contribution in [0.15, 0.2) is 0 Å². The van der Waals surface area contributed by atoms with Crippen LogP contribution in [0.1, 0.15) is 26.7 Å². The summed E-state index contributed by atoms with van der Waals surface area (Å²) < 4.78 is 10.9. The SMILES string of the molecule is CC(C)C1(C(=O)NCCCS(C)=O)CCNC1. The molecule has 5 heteroatoms. The van der Waals surface area contributed by atoms with Crippen LogP contribution in [0.2, 0.25) is 0 Å². The van der Waals surface area contributed by atoms with Gasteiger partial charge in [0.1, 0.15) is 0 Å². The van der Waals surface area contributed by atoms with Gasteiger partial charge in [0.05, 0.1) is 5.41 Å². The molecule has 0 aromatic heterocycles. The van der Waals surface area contributed by atoms with Crippen molar-refractivity contribution in [2.45, 2.75) is 26.7 Å². The molecule has 100 valence electrons. The molecular weight excluding hydrogens is 236 g/mol. The molecule has 2 N–H and O–H groups in total. The maximum absolute atomic E-state index is 12.2. The van der Waals surface area contributed by atoms with E-state index in [1.807, 2.05) is 0 Å². The van der Waals surface area contributed by atoms with Gasteiger partial charge in [-0.15, -0.1) is 0 Å². The van der Waals surface area contributed by atoms with Crippen molar-refractivity contribution in [2.24, 2.45) is 11.3 Å². The van der Waals surface area contributed by atoms with Crippen LogP contribution in [0.4, 0.5) is 0 Å². The molecule has 17 heavy (non-hydrogen) atoms. The van der Waals surface area contributed by atoms with Crippen molar-refractivity contribution in [2.75, 3.05) is 31.6 Å². The van der Waals surface area contributed by atoms with E-state index in [9.17, 15) is 9.00 Å². The molecule has 4 nitrogen and oxygen atoms in total. The zero-order valence-electron chi connectivity index (χ0n) is 11.0. The zero-order valence-corrected chi connectivity index (χ0v) is 11.9. The van der Waals surface area contributed by atoms with Crippen LogP contribution in [0.25, 0.3) is 0 Å². The van der Waals surface area contributed by atoms with Crippen molar-refractivity contribution in [3.63, 3.8) is 0 Å². The second-order valence-electron chi connectivity index (χ2n) is 5.12. The Bertz CT molecular complexity index is 286. The van der Waals surface area contributed by atoms with E-state index in [2.05, 4.69) is 24.5 Å². The van der Waals surface area contributed by atoms with E-state index < -0.39 is 10.8 Å². The summed E-state index contributed by atoms with van der Waals surface area (Å²) in [7, 11) is -0.765. The highest BCUT2D eigenvalue weighted by Crippen LogP contribution is 2.34. The van der Waals surface area contributed by atoms with E-state index in [-0.39, 0.29) is 11.3 Å². The van der Waals surface area contributed by atoms with Crippen LogP contribution in [-0.4, -0.2) is 41.8 Å². The summed E-state index contributed by atoms with van der Waals surface area (Å²) in [5.41, 5.74) is -0.245. The maximum Gasteiger partial charge on any atom is 0.227 e. The zero-order chi connectivity index (χ0) is 12.9. The van der Waals surface area contributed by atoms with Gasteiger partial charge in [0.25, 0.3) is 0 Å². The van der Waals surface area contributed by atoms with Crippen LogP contribution < -0.4 is 10.6 Å². The van der Waals surface area contributed by atoms with Crippen molar-refractivity contribution < 1.29 is 9.00 Å². The molecule has 0 aliphatic carbocycles. The Morgan fingerprint density at radius 2 is 2.24 bits per heavy atom. The fourth-order valence-corrected chi connectivity index (χ4v) is 2.86. The molecule has 1 rings (SSSR count). The Morgan fingerprint density at radius 3 is 2.71 bits per heavy atom.